The maximum absolute atomic E-state index is 2.71. The molecule has 0 aromatic carbocycles. The van der Waals surface area contributed by atoms with E-state index < -0.39 is 0 Å². The van der Waals surface area contributed by atoms with Crippen molar-refractivity contribution in [1.82, 2.24) is 9.80 Å². The van der Waals surface area contributed by atoms with Crippen LogP contribution in [0.3, 0.4) is 0 Å². The van der Waals surface area contributed by atoms with Crippen molar-refractivity contribution in [1.29, 1.82) is 0 Å². The molecule has 226 valence electrons. The van der Waals surface area contributed by atoms with E-state index in [9.17, 15) is 0 Å². The van der Waals surface area contributed by atoms with Crippen molar-refractivity contribution in [3.05, 3.63) is 12.4 Å². The van der Waals surface area contributed by atoms with Crippen LogP contribution in [0.25, 0.3) is 0 Å². The summed E-state index contributed by atoms with van der Waals surface area (Å²) in [6.45, 7) is 9.47. The van der Waals surface area contributed by atoms with Gasteiger partial charge in [-0.25, -0.2) is 0 Å². The quantitative estimate of drug-likeness (QED) is 0.0848. The number of hydrogen-bond acceptors (Lipinski definition) is 2. The zero-order valence-corrected chi connectivity index (χ0v) is 26.8. The Morgan fingerprint density at radius 2 is 0.605 bits per heavy atom. The van der Waals surface area contributed by atoms with Crippen LogP contribution in [0.5, 0.6) is 0 Å². The fraction of sp³-hybridized carbons (Fsp3) is 0.944. The molecule has 1 heterocycles. The summed E-state index contributed by atoms with van der Waals surface area (Å²) in [7, 11) is 0. The molecule has 0 radical (unpaired) electrons. The van der Waals surface area contributed by atoms with Gasteiger partial charge in [-0.1, -0.05) is 175 Å². The molecule has 0 aliphatic carbocycles. The van der Waals surface area contributed by atoms with Gasteiger partial charge in [0, 0.05) is 25.5 Å². The first-order valence-electron chi connectivity index (χ1n) is 18.0. The summed E-state index contributed by atoms with van der Waals surface area (Å²) in [5.41, 5.74) is 0. The summed E-state index contributed by atoms with van der Waals surface area (Å²) in [4.78, 5) is 5.42. The normalized spacial score (nSPS) is 15.3. The first-order chi connectivity index (χ1) is 18.8. The third-order valence-electron chi connectivity index (χ3n) is 8.82. The molecule has 1 unspecified atom stereocenters. The molecule has 0 amide bonds. The molecule has 2 nitrogen and oxygen atoms in total. The highest BCUT2D eigenvalue weighted by Gasteiger charge is 2.24. The lowest BCUT2D eigenvalue weighted by Crippen LogP contribution is -2.39. The number of nitrogens with zero attached hydrogens (tertiary/aromatic N) is 2. The molecule has 0 aromatic heterocycles. The summed E-state index contributed by atoms with van der Waals surface area (Å²) in [5, 5.41) is 0. The van der Waals surface area contributed by atoms with Gasteiger partial charge in [0.15, 0.2) is 0 Å². The van der Waals surface area contributed by atoms with Crippen LogP contribution in [0.15, 0.2) is 12.4 Å². The van der Waals surface area contributed by atoms with Gasteiger partial charge in [0.25, 0.3) is 0 Å². The maximum atomic E-state index is 2.71. The Kier molecular flexibility index (Phi) is 26.0. The molecule has 0 bridgehead atoms. The van der Waals surface area contributed by atoms with E-state index >= 15 is 0 Å². The summed E-state index contributed by atoms with van der Waals surface area (Å²) in [6.07, 6.45) is 45.4. The Balaban J connectivity index is 2.25. The summed E-state index contributed by atoms with van der Waals surface area (Å²) in [5.74, 6) is 0. The van der Waals surface area contributed by atoms with E-state index in [2.05, 4.69) is 43.0 Å². The molecule has 0 N–H and O–H groups in total. The molecule has 0 saturated heterocycles. The van der Waals surface area contributed by atoms with Gasteiger partial charge < -0.3 is 9.80 Å². The third kappa shape index (κ3) is 20.3. The molecular weight excluding hydrogens is 460 g/mol. The zero-order valence-electron chi connectivity index (χ0n) is 26.8. The molecule has 1 aliphatic rings. The van der Waals surface area contributed by atoms with Crippen molar-refractivity contribution < 1.29 is 0 Å². The molecule has 0 fully saturated rings. The molecule has 1 aliphatic heterocycles. The number of hydrogen-bond donors (Lipinski definition) is 0. The van der Waals surface area contributed by atoms with Crippen molar-refractivity contribution in [3.8, 4) is 0 Å². The number of unbranched alkanes of at least 4 members (excludes halogenated alkanes) is 24. The topological polar surface area (TPSA) is 6.48 Å². The second-order valence-corrected chi connectivity index (χ2v) is 12.5. The SMILES string of the molecule is CCCCCCCCCCCCN1C=CN(CCCCCCCCCC)C1CCCCCCCCCCC. The van der Waals surface area contributed by atoms with Gasteiger partial charge in [0.2, 0.25) is 0 Å². The van der Waals surface area contributed by atoms with Crippen LogP contribution in [-0.4, -0.2) is 29.1 Å². The van der Waals surface area contributed by atoms with Crippen LogP contribution < -0.4 is 0 Å². The van der Waals surface area contributed by atoms with E-state index in [1.807, 2.05) is 0 Å². The monoisotopic (exact) mass is 533 g/mol. The molecule has 0 saturated carbocycles. The molecule has 2 heteroatoms. The second kappa shape index (κ2) is 27.9. The lowest BCUT2D eigenvalue weighted by atomic mass is 10.0. The van der Waals surface area contributed by atoms with Crippen LogP contribution in [0.4, 0.5) is 0 Å². The highest BCUT2D eigenvalue weighted by atomic mass is 15.4. The van der Waals surface area contributed by atoms with Gasteiger partial charge >= 0.3 is 0 Å². The average molecular weight is 533 g/mol. The first kappa shape index (κ1) is 35.4. The highest BCUT2D eigenvalue weighted by Crippen LogP contribution is 2.24. The Labute approximate surface area is 241 Å². The van der Waals surface area contributed by atoms with Crippen LogP contribution >= 0.6 is 0 Å². The molecule has 0 aromatic rings. The van der Waals surface area contributed by atoms with Crippen molar-refractivity contribution in [3.63, 3.8) is 0 Å². The average Bonchev–Trinajstić information content (AvgIpc) is 3.31. The Bertz CT molecular complexity index is 488. The minimum atomic E-state index is 0.641. The molecular formula is C36H72N2. The molecule has 1 atom stereocenters. The van der Waals surface area contributed by atoms with Crippen LogP contribution in [0.2, 0.25) is 0 Å². The van der Waals surface area contributed by atoms with Gasteiger partial charge in [0.05, 0.1) is 0 Å². The third-order valence-corrected chi connectivity index (χ3v) is 8.82. The van der Waals surface area contributed by atoms with Crippen molar-refractivity contribution >= 4 is 0 Å². The minimum absolute atomic E-state index is 0.641. The van der Waals surface area contributed by atoms with Gasteiger partial charge in [0.1, 0.15) is 6.17 Å². The van der Waals surface area contributed by atoms with E-state index in [1.54, 1.807) is 0 Å². The standard InChI is InChI=1S/C36H72N2/c1-4-7-10-13-16-19-21-24-27-30-33-38-35-34-37(32-29-26-23-18-15-12-9-6-3)36(38)31-28-25-22-20-17-14-11-8-5-2/h34-36H,4-33H2,1-3H3. The summed E-state index contributed by atoms with van der Waals surface area (Å²) in [6, 6.07) is 0. The maximum Gasteiger partial charge on any atom is 0.101 e. The lowest BCUT2D eigenvalue weighted by molar-refractivity contribution is 0.135. The minimum Gasteiger partial charge on any atom is -0.356 e. The van der Waals surface area contributed by atoms with Gasteiger partial charge in [-0.3, -0.25) is 0 Å². The fourth-order valence-electron chi connectivity index (χ4n) is 6.19. The molecule has 0 spiro atoms. The fourth-order valence-corrected chi connectivity index (χ4v) is 6.19. The van der Waals surface area contributed by atoms with E-state index in [1.165, 1.54) is 193 Å². The smallest absolute Gasteiger partial charge is 0.101 e. The summed E-state index contributed by atoms with van der Waals surface area (Å²) >= 11 is 0. The van der Waals surface area contributed by atoms with Crippen LogP contribution in [-0.2, 0) is 0 Å². The van der Waals surface area contributed by atoms with E-state index in [4.69, 9.17) is 0 Å². The Morgan fingerprint density at radius 1 is 0.342 bits per heavy atom. The molecule has 38 heavy (non-hydrogen) atoms. The lowest BCUT2D eigenvalue weighted by Gasteiger charge is -2.33. The van der Waals surface area contributed by atoms with E-state index in [0.717, 1.165) is 0 Å². The first-order valence-corrected chi connectivity index (χ1v) is 18.0. The largest absolute Gasteiger partial charge is 0.356 e. The van der Waals surface area contributed by atoms with E-state index in [-0.39, 0.29) is 0 Å². The predicted molar refractivity (Wildman–Crippen MR) is 173 cm³/mol. The van der Waals surface area contributed by atoms with E-state index in [0.29, 0.717) is 6.17 Å². The highest BCUT2D eigenvalue weighted by molar-refractivity contribution is 4.97. The predicted octanol–water partition coefficient (Wildman–Crippen LogP) is 12.4. The van der Waals surface area contributed by atoms with Crippen LogP contribution in [0, 0.1) is 0 Å². The number of rotatable bonds is 30. The van der Waals surface area contributed by atoms with Gasteiger partial charge in [-0.2, -0.15) is 0 Å². The Morgan fingerprint density at radius 3 is 0.921 bits per heavy atom. The van der Waals surface area contributed by atoms with Crippen molar-refractivity contribution in [2.24, 2.45) is 0 Å². The van der Waals surface area contributed by atoms with Crippen molar-refractivity contribution in [2.75, 3.05) is 13.1 Å². The molecule has 1 rings (SSSR count). The summed E-state index contributed by atoms with van der Waals surface area (Å²) < 4.78 is 0. The van der Waals surface area contributed by atoms with Gasteiger partial charge in [-0.15, -0.1) is 0 Å². The Hall–Kier alpha value is -0.660. The zero-order chi connectivity index (χ0) is 27.4. The van der Waals surface area contributed by atoms with Gasteiger partial charge in [-0.05, 0) is 25.7 Å². The second-order valence-electron chi connectivity index (χ2n) is 12.5. The van der Waals surface area contributed by atoms with Crippen molar-refractivity contribution in [2.45, 2.75) is 207 Å². The van der Waals surface area contributed by atoms with Crippen LogP contribution in [0.1, 0.15) is 201 Å².